The Hall–Kier alpha value is -2.82. The van der Waals surface area contributed by atoms with Gasteiger partial charge in [-0.25, -0.2) is 4.98 Å². The Morgan fingerprint density at radius 2 is 2.00 bits per heavy atom. The molecule has 5 nitrogen and oxygen atoms in total. The highest BCUT2D eigenvalue weighted by atomic mass is 16.5. The van der Waals surface area contributed by atoms with Crippen LogP contribution in [0, 0.1) is 0 Å². The number of aromatic hydroxyl groups is 1. The molecule has 1 fully saturated rings. The summed E-state index contributed by atoms with van der Waals surface area (Å²) in [5, 5.41) is 10.8. The third-order valence-electron chi connectivity index (χ3n) is 4.19. The highest BCUT2D eigenvalue weighted by molar-refractivity contribution is 5.80. The maximum atomic E-state index is 12.1. The van der Waals surface area contributed by atoms with Crippen molar-refractivity contribution in [2.45, 2.75) is 25.4 Å². The minimum atomic E-state index is -0.222. The van der Waals surface area contributed by atoms with Gasteiger partial charge in [0.15, 0.2) is 0 Å². The van der Waals surface area contributed by atoms with E-state index in [-0.39, 0.29) is 17.4 Å². The molecule has 2 N–H and O–H groups in total. The first kappa shape index (κ1) is 13.8. The lowest BCUT2D eigenvalue weighted by molar-refractivity contribution is 0.120. The van der Waals surface area contributed by atoms with Gasteiger partial charge in [-0.3, -0.25) is 4.79 Å². The van der Waals surface area contributed by atoms with E-state index in [2.05, 4.69) is 9.97 Å². The molecule has 5 heteroatoms. The van der Waals surface area contributed by atoms with Crippen LogP contribution in [-0.2, 0) is 0 Å². The molecule has 116 valence electrons. The topological polar surface area (TPSA) is 75.2 Å². The second-order valence-electron chi connectivity index (χ2n) is 5.78. The van der Waals surface area contributed by atoms with Crippen LogP contribution in [-0.4, -0.2) is 21.2 Å². The Bertz CT molecular complexity index is 929. The van der Waals surface area contributed by atoms with Crippen molar-refractivity contribution in [2.24, 2.45) is 0 Å². The van der Waals surface area contributed by atoms with Crippen LogP contribution in [0.25, 0.3) is 22.3 Å². The fourth-order valence-corrected chi connectivity index (χ4v) is 2.68. The molecule has 0 spiro atoms. The fraction of sp³-hybridized carbons (Fsp3) is 0.222. The van der Waals surface area contributed by atoms with Crippen molar-refractivity contribution in [2.75, 3.05) is 0 Å². The van der Waals surface area contributed by atoms with Crippen molar-refractivity contribution in [1.82, 2.24) is 9.97 Å². The van der Waals surface area contributed by atoms with Crippen LogP contribution in [0.1, 0.15) is 19.3 Å². The number of nitrogens with zero attached hydrogens (tertiary/aromatic N) is 1. The van der Waals surface area contributed by atoms with Crippen LogP contribution in [0.5, 0.6) is 11.5 Å². The van der Waals surface area contributed by atoms with Crippen LogP contribution in [0.3, 0.4) is 0 Å². The first-order valence-electron chi connectivity index (χ1n) is 7.70. The van der Waals surface area contributed by atoms with Gasteiger partial charge in [-0.15, -0.1) is 0 Å². The summed E-state index contributed by atoms with van der Waals surface area (Å²) in [5.74, 6) is 1.03. The number of fused-ring (bicyclic) bond motifs is 1. The third-order valence-corrected chi connectivity index (χ3v) is 4.19. The molecule has 0 unspecified atom stereocenters. The number of H-pyrrole nitrogens is 1. The Morgan fingerprint density at radius 1 is 1.17 bits per heavy atom. The van der Waals surface area contributed by atoms with Crippen molar-refractivity contribution >= 4 is 10.9 Å². The van der Waals surface area contributed by atoms with E-state index >= 15 is 0 Å². The number of aromatic nitrogens is 2. The molecule has 1 aromatic heterocycles. The number of nitrogens with one attached hydrogen (secondary N) is 1. The number of hydrogen-bond acceptors (Lipinski definition) is 4. The highest BCUT2D eigenvalue weighted by Gasteiger charge is 2.19. The molecule has 23 heavy (non-hydrogen) atoms. The van der Waals surface area contributed by atoms with Gasteiger partial charge in [-0.2, -0.15) is 0 Å². The van der Waals surface area contributed by atoms with Crippen molar-refractivity contribution in [1.29, 1.82) is 0 Å². The zero-order valence-corrected chi connectivity index (χ0v) is 12.5. The first-order chi connectivity index (χ1) is 11.2. The minimum absolute atomic E-state index is 0.0419. The summed E-state index contributed by atoms with van der Waals surface area (Å²) in [7, 11) is 0. The lowest BCUT2D eigenvalue weighted by Gasteiger charge is -2.26. The monoisotopic (exact) mass is 308 g/mol. The van der Waals surface area contributed by atoms with Crippen molar-refractivity contribution in [3.63, 3.8) is 0 Å². The molecule has 3 aromatic rings. The smallest absolute Gasteiger partial charge is 0.259 e. The maximum Gasteiger partial charge on any atom is 0.259 e. The lowest BCUT2D eigenvalue weighted by atomic mass is 9.96. The van der Waals surface area contributed by atoms with Gasteiger partial charge in [-0.05, 0) is 43.5 Å². The second-order valence-corrected chi connectivity index (χ2v) is 5.78. The van der Waals surface area contributed by atoms with Gasteiger partial charge in [0, 0.05) is 6.07 Å². The molecule has 0 atom stereocenters. The van der Waals surface area contributed by atoms with Crippen LogP contribution in [0.2, 0.25) is 0 Å². The van der Waals surface area contributed by atoms with Gasteiger partial charge in [-0.1, -0.05) is 12.1 Å². The zero-order valence-electron chi connectivity index (χ0n) is 12.5. The van der Waals surface area contributed by atoms with Gasteiger partial charge in [0.2, 0.25) is 0 Å². The second kappa shape index (κ2) is 5.43. The number of phenolic OH excluding ortho intramolecular Hbond substituents is 1. The molecule has 0 amide bonds. The van der Waals surface area contributed by atoms with Gasteiger partial charge < -0.3 is 14.8 Å². The Balaban J connectivity index is 1.73. The molecule has 1 heterocycles. The predicted molar refractivity (Wildman–Crippen MR) is 87.7 cm³/mol. The number of rotatable bonds is 3. The molecule has 0 saturated heterocycles. The normalized spacial score (nSPS) is 14.6. The number of ether oxygens (including phenoxy) is 1. The Morgan fingerprint density at radius 3 is 2.74 bits per heavy atom. The lowest BCUT2D eigenvalue weighted by Crippen LogP contribution is -2.24. The van der Waals surface area contributed by atoms with Crippen molar-refractivity contribution in [3.8, 4) is 22.9 Å². The van der Waals surface area contributed by atoms with Crippen LogP contribution in [0.4, 0.5) is 0 Å². The summed E-state index contributed by atoms with van der Waals surface area (Å²) in [6, 6.07) is 12.2. The number of phenols is 1. The number of aromatic amines is 1. The van der Waals surface area contributed by atoms with E-state index in [1.54, 1.807) is 36.4 Å². The number of para-hydroxylation sites is 1. The van der Waals surface area contributed by atoms with Crippen LogP contribution >= 0.6 is 0 Å². The van der Waals surface area contributed by atoms with E-state index in [4.69, 9.17) is 4.74 Å². The van der Waals surface area contributed by atoms with E-state index in [1.807, 2.05) is 6.07 Å². The maximum absolute atomic E-state index is 12.1. The fourth-order valence-electron chi connectivity index (χ4n) is 2.68. The summed E-state index contributed by atoms with van der Waals surface area (Å²) in [5.41, 5.74) is 0.856. The molecule has 2 aromatic carbocycles. The summed E-state index contributed by atoms with van der Waals surface area (Å²) in [6.45, 7) is 0. The molecule has 1 aliphatic carbocycles. The molecular weight excluding hydrogens is 292 g/mol. The number of hydrogen-bond donors (Lipinski definition) is 2. The standard InChI is InChI=1S/C18H16N2O3/c21-16-10-12(23-11-4-3-5-11)8-9-14(16)17-19-15-7-2-1-6-13(15)18(22)20-17/h1-2,6-11,21H,3-5H2,(H,19,20,22). The molecule has 0 bridgehead atoms. The first-order valence-corrected chi connectivity index (χ1v) is 7.70. The summed E-state index contributed by atoms with van der Waals surface area (Å²) < 4.78 is 5.76. The average Bonchev–Trinajstić information content (AvgIpc) is 2.51. The SMILES string of the molecule is O=c1[nH]c(-c2ccc(OC3CCC3)cc2O)nc2ccccc12. The quantitative estimate of drug-likeness (QED) is 0.779. The van der Waals surface area contributed by atoms with E-state index in [9.17, 15) is 9.90 Å². The molecule has 0 aliphatic heterocycles. The van der Waals surface area contributed by atoms with E-state index < -0.39 is 0 Å². The van der Waals surface area contributed by atoms with Gasteiger partial charge in [0.25, 0.3) is 5.56 Å². The molecule has 1 aliphatic rings. The highest BCUT2D eigenvalue weighted by Crippen LogP contribution is 2.33. The summed E-state index contributed by atoms with van der Waals surface area (Å²) >= 11 is 0. The largest absolute Gasteiger partial charge is 0.507 e. The minimum Gasteiger partial charge on any atom is -0.507 e. The Kier molecular flexibility index (Phi) is 3.26. The van der Waals surface area contributed by atoms with Gasteiger partial charge in [0.05, 0.1) is 22.6 Å². The zero-order chi connectivity index (χ0) is 15.8. The third kappa shape index (κ3) is 2.54. The van der Waals surface area contributed by atoms with Gasteiger partial charge in [0.1, 0.15) is 17.3 Å². The molecule has 1 saturated carbocycles. The number of benzene rings is 2. The van der Waals surface area contributed by atoms with Gasteiger partial charge >= 0.3 is 0 Å². The van der Waals surface area contributed by atoms with Crippen LogP contribution < -0.4 is 10.3 Å². The van der Waals surface area contributed by atoms with Crippen molar-refractivity contribution < 1.29 is 9.84 Å². The van der Waals surface area contributed by atoms with Crippen LogP contribution in [0.15, 0.2) is 47.3 Å². The van der Waals surface area contributed by atoms with E-state index in [0.717, 1.165) is 12.8 Å². The average molecular weight is 308 g/mol. The van der Waals surface area contributed by atoms with E-state index in [1.165, 1.54) is 6.42 Å². The van der Waals surface area contributed by atoms with Crippen molar-refractivity contribution in [3.05, 3.63) is 52.8 Å². The molecular formula is C18H16N2O3. The summed E-state index contributed by atoms with van der Waals surface area (Å²) in [4.78, 5) is 19.3. The summed E-state index contributed by atoms with van der Waals surface area (Å²) in [6.07, 6.45) is 3.56. The predicted octanol–water partition coefficient (Wildman–Crippen LogP) is 3.23. The van der Waals surface area contributed by atoms with E-state index in [0.29, 0.717) is 28.0 Å². The molecule has 4 rings (SSSR count). The molecule has 0 radical (unpaired) electrons. The Labute approximate surface area is 132 Å².